The molecule has 0 bridgehead atoms. The lowest BCUT2D eigenvalue weighted by atomic mass is 9.54. The zero-order valence-electron chi connectivity index (χ0n) is 32.1. The Bertz CT molecular complexity index is 2110. The largest absolute Gasteiger partial charge is 0.504 e. The molecular formula is C45H48BIO7Si. The van der Waals surface area contributed by atoms with E-state index >= 15 is 0 Å². The molecule has 2 aliphatic carbocycles. The first-order valence-electron chi connectivity index (χ1n) is 19.1. The number of allylic oxidation sites excluding steroid dienone is 1. The summed E-state index contributed by atoms with van der Waals surface area (Å²) in [6.07, 6.45) is 3.43. The molecule has 0 aromatic heterocycles. The van der Waals surface area contributed by atoms with Crippen molar-refractivity contribution in [1.82, 2.24) is 0 Å². The number of carbonyl (C=O) groups excluding carboxylic acids is 2. The van der Waals surface area contributed by atoms with Gasteiger partial charge in [-0.1, -0.05) is 117 Å². The molecule has 0 radical (unpaired) electrons. The first kappa shape index (κ1) is 39.4. The number of carbonyl (C=O) groups is 2. The third-order valence-corrected chi connectivity index (χ3v) is 17.5. The first-order chi connectivity index (χ1) is 26.3. The van der Waals surface area contributed by atoms with Crippen LogP contribution >= 0.6 is 22.6 Å². The average molecular weight is 867 g/mol. The van der Waals surface area contributed by atoms with Gasteiger partial charge in [0.05, 0.1) is 23.4 Å². The molecule has 4 aromatic rings. The lowest BCUT2D eigenvalue weighted by molar-refractivity contribution is 0.0591. The second-order valence-electron chi connectivity index (χ2n) is 16.1. The van der Waals surface area contributed by atoms with E-state index in [0.717, 1.165) is 32.7 Å². The van der Waals surface area contributed by atoms with E-state index in [9.17, 15) is 19.7 Å². The topological polar surface area (TPSA) is 102 Å². The van der Waals surface area contributed by atoms with Gasteiger partial charge in [0.2, 0.25) is 0 Å². The van der Waals surface area contributed by atoms with Gasteiger partial charge in [0.15, 0.2) is 23.1 Å². The number of benzene rings is 4. The number of ketones is 2. The molecule has 0 spiro atoms. The van der Waals surface area contributed by atoms with Crippen LogP contribution in [-0.2, 0) is 9.08 Å². The number of halogens is 1. The van der Waals surface area contributed by atoms with Gasteiger partial charge in [-0.25, -0.2) is 0 Å². The lowest BCUT2D eigenvalue weighted by Gasteiger charge is -2.48. The quantitative estimate of drug-likeness (QED) is 0.0941. The second-order valence-corrected chi connectivity index (χ2v) is 21.6. The van der Waals surface area contributed by atoms with Gasteiger partial charge in [0.25, 0.3) is 8.32 Å². The Labute approximate surface area is 339 Å². The monoisotopic (exact) mass is 866 g/mol. The van der Waals surface area contributed by atoms with E-state index in [1.54, 1.807) is 12.1 Å². The molecule has 4 atom stereocenters. The SMILES string of the molecule is COc1cc(/C=C(\C)CC[C@H]2OB(O)C[C@H]3C2=C(CO[Si](c2ccccc2)(c2ccccc2)C(C)(C)C)C[C@H]2C(=O)c4ccccc4C(=O)[C@H]23)cc(I)c1O. The minimum absolute atomic E-state index is 0.0162. The fraction of sp³-hybridized carbons (Fsp3) is 0.333. The molecule has 7 nitrogen and oxygen atoms in total. The van der Waals surface area contributed by atoms with Crippen LogP contribution in [0.2, 0.25) is 11.4 Å². The fourth-order valence-electron chi connectivity index (χ4n) is 9.31. The number of phenolic OH excluding ortho intramolecular Hbond substituents is 1. The molecule has 0 saturated carbocycles. The van der Waals surface area contributed by atoms with E-state index in [1.807, 2.05) is 36.4 Å². The van der Waals surface area contributed by atoms with Crippen molar-refractivity contribution in [2.75, 3.05) is 13.7 Å². The molecule has 2 N–H and O–H groups in total. The summed E-state index contributed by atoms with van der Waals surface area (Å²) < 4.78 is 20.0. The van der Waals surface area contributed by atoms with E-state index in [2.05, 4.69) is 105 Å². The van der Waals surface area contributed by atoms with E-state index in [4.69, 9.17) is 13.8 Å². The van der Waals surface area contributed by atoms with Crippen molar-refractivity contribution in [3.8, 4) is 11.5 Å². The maximum absolute atomic E-state index is 14.4. The van der Waals surface area contributed by atoms with Crippen molar-refractivity contribution in [2.24, 2.45) is 17.8 Å². The summed E-state index contributed by atoms with van der Waals surface area (Å²) in [5.41, 5.74) is 4.93. The van der Waals surface area contributed by atoms with Gasteiger partial charge < -0.3 is 23.9 Å². The van der Waals surface area contributed by atoms with Crippen LogP contribution in [0, 0.1) is 21.3 Å². The molecule has 1 heterocycles. The molecule has 4 aromatic carbocycles. The van der Waals surface area contributed by atoms with Crippen molar-refractivity contribution in [3.05, 3.63) is 134 Å². The molecule has 1 fully saturated rings. The van der Waals surface area contributed by atoms with Gasteiger partial charge in [-0.2, -0.15) is 0 Å². The molecule has 0 amide bonds. The van der Waals surface area contributed by atoms with Crippen molar-refractivity contribution >= 4 is 66.0 Å². The van der Waals surface area contributed by atoms with Crippen LogP contribution in [0.25, 0.3) is 6.08 Å². The molecule has 284 valence electrons. The Hall–Kier alpha value is -3.81. The molecule has 0 unspecified atom stereocenters. The van der Waals surface area contributed by atoms with E-state index in [-0.39, 0.29) is 41.2 Å². The zero-order chi connectivity index (χ0) is 39.1. The highest BCUT2D eigenvalue weighted by molar-refractivity contribution is 14.1. The number of aromatic hydroxyl groups is 1. The smallest absolute Gasteiger partial charge is 0.455 e. The van der Waals surface area contributed by atoms with Crippen LogP contribution in [-0.4, -0.2) is 57.0 Å². The summed E-state index contributed by atoms with van der Waals surface area (Å²) in [4.78, 5) is 28.7. The molecular weight excluding hydrogens is 818 g/mol. The summed E-state index contributed by atoms with van der Waals surface area (Å²) in [5, 5.41) is 23.7. The minimum Gasteiger partial charge on any atom is -0.504 e. The fourth-order valence-corrected chi connectivity index (χ4v) is 14.5. The van der Waals surface area contributed by atoms with Crippen LogP contribution in [0.1, 0.15) is 73.2 Å². The molecule has 10 heteroatoms. The number of hydrogen-bond acceptors (Lipinski definition) is 7. The van der Waals surface area contributed by atoms with Crippen LogP contribution in [0.3, 0.4) is 0 Å². The minimum atomic E-state index is -2.97. The predicted molar refractivity (Wildman–Crippen MR) is 229 cm³/mol. The Morgan fingerprint density at radius 3 is 2.13 bits per heavy atom. The lowest BCUT2D eigenvalue weighted by Crippen LogP contribution is -2.66. The van der Waals surface area contributed by atoms with Crippen LogP contribution in [0.5, 0.6) is 11.5 Å². The highest BCUT2D eigenvalue weighted by Crippen LogP contribution is 2.51. The van der Waals surface area contributed by atoms with Crippen molar-refractivity contribution < 1.29 is 33.5 Å². The highest BCUT2D eigenvalue weighted by atomic mass is 127. The summed E-state index contributed by atoms with van der Waals surface area (Å²) in [7, 11) is -2.51. The van der Waals surface area contributed by atoms with E-state index in [0.29, 0.717) is 39.7 Å². The van der Waals surface area contributed by atoms with Gasteiger partial charge in [-0.3, -0.25) is 9.59 Å². The van der Waals surface area contributed by atoms with Crippen LogP contribution < -0.4 is 15.1 Å². The van der Waals surface area contributed by atoms with Crippen molar-refractivity contribution in [2.45, 2.75) is 64.4 Å². The average Bonchev–Trinajstić information content (AvgIpc) is 3.17. The summed E-state index contributed by atoms with van der Waals surface area (Å²) in [6, 6.07) is 31.9. The highest BCUT2D eigenvalue weighted by Gasteiger charge is 2.55. The number of methoxy groups -OCH3 is 1. The van der Waals surface area contributed by atoms with Gasteiger partial charge in [0.1, 0.15) is 0 Å². The number of rotatable bonds is 10. The van der Waals surface area contributed by atoms with E-state index < -0.39 is 33.4 Å². The number of hydrogen-bond donors (Lipinski definition) is 2. The maximum Gasteiger partial charge on any atom is 0.455 e. The Morgan fingerprint density at radius 2 is 1.53 bits per heavy atom. The Balaban J connectivity index is 1.31. The maximum atomic E-state index is 14.4. The van der Waals surface area contributed by atoms with Crippen molar-refractivity contribution in [1.29, 1.82) is 0 Å². The third-order valence-electron chi connectivity index (χ3n) is 11.7. The third kappa shape index (κ3) is 7.44. The standard InChI is InChI=1S/C45H48BIO7Si/c1-28(22-29-23-37(47)44(50)39(24-29)52-5)20-21-38-40-30(27-53-55(45(2,3)4,31-14-8-6-9-15-31)32-16-10-7-11-17-32)25-35-41(36(40)26-46(51)54-38)43(49)34-19-13-12-18-33(34)42(35)48/h6-19,22-24,35-36,38,41,50-51H,20-21,25-27H2,1-5H3/b28-22+/t35-,36+,38-,41-/m1/s1. The molecule has 7 rings (SSSR count). The molecule has 55 heavy (non-hydrogen) atoms. The van der Waals surface area contributed by atoms with Crippen LogP contribution in [0.4, 0.5) is 0 Å². The van der Waals surface area contributed by atoms with Gasteiger partial charge in [-0.05, 0) is 105 Å². The van der Waals surface area contributed by atoms with Gasteiger partial charge >= 0.3 is 7.12 Å². The Kier molecular flexibility index (Phi) is 11.5. The predicted octanol–water partition coefficient (Wildman–Crippen LogP) is 8.27. The zero-order valence-corrected chi connectivity index (χ0v) is 35.2. The first-order valence-corrected chi connectivity index (χ1v) is 22.0. The number of phenols is 1. The molecule has 1 saturated heterocycles. The summed E-state index contributed by atoms with van der Waals surface area (Å²) in [5.74, 6) is -1.03. The number of fused-ring (bicyclic) bond motifs is 4. The van der Waals surface area contributed by atoms with Gasteiger partial charge in [-0.15, -0.1) is 0 Å². The number of Topliss-reactive ketones (excluding diaryl/α,β-unsaturated/α-hetero) is 2. The normalized spacial score (nSPS) is 21.6. The van der Waals surface area contributed by atoms with Crippen molar-refractivity contribution in [3.63, 3.8) is 0 Å². The second kappa shape index (κ2) is 16.0. The summed E-state index contributed by atoms with van der Waals surface area (Å²) in [6.45, 7) is 9.09. The van der Waals surface area contributed by atoms with Crippen LogP contribution in [0.15, 0.2) is 114 Å². The number of ether oxygens (including phenoxy) is 1. The summed E-state index contributed by atoms with van der Waals surface area (Å²) >= 11 is 2.10. The van der Waals surface area contributed by atoms with Gasteiger partial charge in [0, 0.05) is 23.0 Å². The molecule has 3 aliphatic rings. The Morgan fingerprint density at radius 1 is 0.927 bits per heavy atom. The van der Waals surface area contributed by atoms with E-state index in [1.165, 1.54) is 7.11 Å². The molecule has 1 aliphatic heterocycles.